The van der Waals surface area contributed by atoms with E-state index in [-0.39, 0.29) is 24.8 Å². The number of likely N-dealkylation sites (N-methyl/N-ethyl adjacent to an activating group) is 1. The Labute approximate surface area is 94.1 Å². The summed E-state index contributed by atoms with van der Waals surface area (Å²) in [6.45, 7) is 0.819. The van der Waals surface area contributed by atoms with Gasteiger partial charge in [-0.3, -0.25) is 0 Å². The van der Waals surface area contributed by atoms with Crippen molar-refractivity contribution < 1.29 is 0 Å². The van der Waals surface area contributed by atoms with Gasteiger partial charge in [0.25, 0.3) is 0 Å². The van der Waals surface area contributed by atoms with Crippen molar-refractivity contribution in [1.82, 2.24) is 4.90 Å². The predicted octanol–water partition coefficient (Wildman–Crippen LogP) is 2.05. The minimum atomic E-state index is 0. The molecule has 0 bridgehead atoms. The number of nitrogens with two attached hydrogens (primary N) is 1. The van der Waals surface area contributed by atoms with E-state index in [0.29, 0.717) is 5.54 Å². The molecule has 1 aliphatic carbocycles. The van der Waals surface area contributed by atoms with Gasteiger partial charge in [-0.1, -0.05) is 19.3 Å². The quantitative estimate of drug-likeness (QED) is 0.785. The molecule has 1 fully saturated rings. The van der Waals surface area contributed by atoms with Crippen molar-refractivity contribution in [3.8, 4) is 0 Å². The van der Waals surface area contributed by atoms with Crippen molar-refractivity contribution in [2.75, 3.05) is 20.6 Å². The first-order chi connectivity index (χ1) is 5.21. The SMILES string of the molecule is CN(C)C1(CN)CCCCC1.Cl.Cl. The Hall–Kier alpha value is 0.500. The third-order valence-corrected chi connectivity index (χ3v) is 3.11. The second-order valence-corrected chi connectivity index (χ2v) is 3.88. The number of hydrogen-bond donors (Lipinski definition) is 1. The molecule has 0 unspecified atom stereocenters. The first-order valence-electron chi connectivity index (χ1n) is 4.59. The number of nitrogens with zero attached hydrogens (tertiary/aromatic N) is 1. The lowest BCUT2D eigenvalue weighted by atomic mass is 9.81. The van der Waals surface area contributed by atoms with Crippen molar-refractivity contribution in [1.29, 1.82) is 0 Å². The van der Waals surface area contributed by atoms with Crippen LogP contribution in [0.15, 0.2) is 0 Å². The van der Waals surface area contributed by atoms with Crippen LogP contribution in [0.5, 0.6) is 0 Å². The van der Waals surface area contributed by atoms with E-state index >= 15 is 0 Å². The molecule has 0 spiro atoms. The second kappa shape index (κ2) is 6.88. The molecule has 0 heterocycles. The van der Waals surface area contributed by atoms with Gasteiger partial charge in [-0.15, -0.1) is 24.8 Å². The molecule has 82 valence electrons. The predicted molar refractivity (Wildman–Crippen MR) is 63.1 cm³/mol. The summed E-state index contributed by atoms with van der Waals surface area (Å²) >= 11 is 0. The van der Waals surface area contributed by atoms with Crippen LogP contribution in [0, 0.1) is 0 Å². The van der Waals surface area contributed by atoms with Gasteiger partial charge in [-0.25, -0.2) is 0 Å². The molecule has 0 aliphatic heterocycles. The Morgan fingerprint density at radius 1 is 1.08 bits per heavy atom. The van der Waals surface area contributed by atoms with Crippen molar-refractivity contribution >= 4 is 24.8 Å². The smallest absolute Gasteiger partial charge is 0.0325 e. The molecule has 0 aromatic heterocycles. The van der Waals surface area contributed by atoms with Gasteiger partial charge < -0.3 is 10.6 Å². The summed E-state index contributed by atoms with van der Waals surface area (Å²) in [7, 11) is 4.30. The zero-order chi connectivity index (χ0) is 8.32. The highest BCUT2D eigenvalue weighted by atomic mass is 35.5. The molecule has 1 saturated carbocycles. The van der Waals surface area contributed by atoms with E-state index in [1.165, 1.54) is 32.1 Å². The van der Waals surface area contributed by atoms with Crippen molar-refractivity contribution in [3.05, 3.63) is 0 Å². The first-order valence-corrected chi connectivity index (χ1v) is 4.59. The Morgan fingerprint density at radius 2 is 1.54 bits per heavy atom. The molecular formula is C9H22Cl2N2. The van der Waals surface area contributed by atoms with E-state index in [4.69, 9.17) is 5.73 Å². The van der Waals surface area contributed by atoms with Gasteiger partial charge in [-0.2, -0.15) is 0 Å². The summed E-state index contributed by atoms with van der Waals surface area (Å²) in [5.74, 6) is 0. The molecule has 13 heavy (non-hydrogen) atoms. The summed E-state index contributed by atoms with van der Waals surface area (Å²) in [4.78, 5) is 2.31. The van der Waals surface area contributed by atoms with Crippen LogP contribution in [-0.2, 0) is 0 Å². The van der Waals surface area contributed by atoms with E-state index in [1.54, 1.807) is 0 Å². The summed E-state index contributed by atoms with van der Waals surface area (Å²) < 4.78 is 0. The van der Waals surface area contributed by atoms with E-state index < -0.39 is 0 Å². The minimum absolute atomic E-state index is 0. The van der Waals surface area contributed by atoms with E-state index in [9.17, 15) is 0 Å². The molecule has 0 amide bonds. The van der Waals surface area contributed by atoms with Crippen LogP contribution >= 0.6 is 24.8 Å². The number of hydrogen-bond acceptors (Lipinski definition) is 2. The lowest BCUT2D eigenvalue weighted by molar-refractivity contribution is 0.109. The molecule has 4 heteroatoms. The van der Waals surface area contributed by atoms with Crippen LogP contribution < -0.4 is 5.73 Å². The summed E-state index contributed by atoms with van der Waals surface area (Å²) in [6.07, 6.45) is 6.69. The van der Waals surface area contributed by atoms with Crippen LogP contribution in [0.2, 0.25) is 0 Å². The molecule has 0 radical (unpaired) electrons. The van der Waals surface area contributed by atoms with Gasteiger partial charge in [0, 0.05) is 12.1 Å². The van der Waals surface area contributed by atoms with Gasteiger partial charge in [0.1, 0.15) is 0 Å². The Kier molecular flexibility index (Phi) is 8.44. The standard InChI is InChI=1S/C9H20N2.2ClH/c1-11(2)9(8-10)6-4-3-5-7-9;;/h3-8,10H2,1-2H3;2*1H. The molecule has 2 nitrogen and oxygen atoms in total. The van der Waals surface area contributed by atoms with Crippen LogP contribution in [0.25, 0.3) is 0 Å². The summed E-state index contributed by atoms with van der Waals surface area (Å²) in [5, 5.41) is 0. The molecule has 0 aromatic rings. The minimum Gasteiger partial charge on any atom is -0.329 e. The maximum atomic E-state index is 5.80. The van der Waals surface area contributed by atoms with Crippen LogP contribution in [0.1, 0.15) is 32.1 Å². The molecule has 1 aliphatic rings. The molecule has 0 saturated heterocycles. The monoisotopic (exact) mass is 228 g/mol. The fraction of sp³-hybridized carbons (Fsp3) is 1.00. The maximum absolute atomic E-state index is 5.80. The van der Waals surface area contributed by atoms with Crippen molar-refractivity contribution in [2.45, 2.75) is 37.6 Å². The Bertz CT molecular complexity index is 123. The highest BCUT2D eigenvalue weighted by Crippen LogP contribution is 2.30. The first kappa shape index (κ1) is 15.9. The molecule has 2 N–H and O–H groups in total. The molecular weight excluding hydrogens is 207 g/mol. The number of rotatable bonds is 2. The Balaban J connectivity index is 0. The second-order valence-electron chi connectivity index (χ2n) is 3.88. The zero-order valence-electron chi connectivity index (χ0n) is 8.58. The Morgan fingerprint density at radius 3 is 1.77 bits per heavy atom. The highest BCUT2D eigenvalue weighted by Gasteiger charge is 2.32. The zero-order valence-corrected chi connectivity index (χ0v) is 10.2. The fourth-order valence-corrected chi connectivity index (χ4v) is 2.04. The van der Waals surface area contributed by atoms with Crippen LogP contribution in [0.4, 0.5) is 0 Å². The third kappa shape index (κ3) is 3.62. The highest BCUT2D eigenvalue weighted by molar-refractivity contribution is 5.85. The van der Waals surface area contributed by atoms with E-state index in [2.05, 4.69) is 19.0 Å². The van der Waals surface area contributed by atoms with Crippen molar-refractivity contribution in [2.24, 2.45) is 5.73 Å². The number of halogens is 2. The lowest BCUT2D eigenvalue weighted by Crippen LogP contribution is -2.51. The average Bonchev–Trinajstić information content (AvgIpc) is 2.05. The lowest BCUT2D eigenvalue weighted by Gasteiger charge is -2.42. The molecule has 1 rings (SSSR count). The third-order valence-electron chi connectivity index (χ3n) is 3.11. The van der Waals surface area contributed by atoms with Gasteiger partial charge in [-0.05, 0) is 26.9 Å². The van der Waals surface area contributed by atoms with Gasteiger partial charge in [0.15, 0.2) is 0 Å². The average molecular weight is 229 g/mol. The van der Waals surface area contributed by atoms with Gasteiger partial charge in [0.2, 0.25) is 0 Å². The van der Waals surface area contributed by atoms with Crippen LogP contribution in [-0.4, -0.2) is 31.1 Å². The topological polar surface area (TPSA) is 29.3 Å². The van der Waals surface area contributed by atoms with E-state index in [1.807, 2.05) is 0 Å². The van der Waals surface area contributed by atoms with Crippen LogP contribution in [0.3, 0.4) is 0 Å². The summed E-state index contributed by atoms with van der Waals surface area (Å²) in [6, 6.07) is 0. The van der Waals surface area contributed by atoms with E-state index in [0.717, 1.165) is 6.54 Å². The fourth-order valence-electron chi connectivity index (χ4n) is 2.04. The normalized spacial score (nSPS) is 20.3. The maximum Gasteiger partial charge on any atom is 0.0325 e. The summed E-state index contributed by atoms with van der Waals surface area (Å²) in [5.41, 5.74) is 6.13. The van der Waals surface area contributed by atoms with Gasteiger partial charge in [0.05, 0.1) is 0 Å². The van der Waals surface area contributed by atoms with Gasteiger partial charge >= 0.3 is 0 Å². The molecule has 0 aromatic carbocycles. The molecule has 0 atom stereocenters. The largest absolute Gasteiger partial charge is 0.329 e. The van der Waals surface area contributed by atoms with Crippen molar-refractivity contribution in [3.63, 3.8) is 0 Å².